The largest absolute Gasteiger partial charge is 0.372 e. The predicted octanol–water partition coefficient (Wildman–Crippen LogP) is 3.67. The normalized spacial score (nSPS) is 22.7. The molecule has 0 radical (unpaired) electrons. The third kappa shape index (κ3) is 3.32. The van der Waals surface area contributed by atoms with E-state index in [0.29, 0.717) is 0 Å². The SMILES string of the molecule is Brc1ccc(N2CCC(C3CCNCC3)CC2)cc1. The molecule has 0 amide bonds. The molecule has 1 N–H and O–H groups in total. The van der Waals surface area contributed by atoms with E-state index in [9.17, 15) is 0 Å². The Hall–Kier alpha value is -0.540. The second-order valence-corrected chi connectivity index (χ2v) is 6.80. The summed E-state index contributed by atoms with van der Waals surface area (Å²) in [4.78, 5) is 2.55. The highest BCUT2D eigenvalue weighted by molar-refractivity contribution is 9.10. The minimum Gasteiger partial charge on any atom is -0.372 e. The molecule has 19 heavy (non-hydrogen) atoms. The minimum absolute atomic E-state index is 0.966. The van der Waals surface area contributed by atoms with Crippen molar-refractivity contribution < 1.29 is 0 Å². The third-order valence-electron chi connectivity index (χ3n) is 4.78. The van der Waals surface area contributed by atoms with E-state index >= 15 is 0 Å². The third-order valence-corrected chi connectivity index (χ3v) is 5.31. The van der Waals surface area contributed by atoms with Crippen LogP contribution in [0.4, 0.5) is 5.69 Å². The van der Waals surface area contributed by atoms with E-state index in [1.165, 1.54) is 62.0 Å². The first-order valence-electron chi connectivity index (χ1n) is 7.54. The number of nitrogens with zero attached hydrogens (tertiary/aromatic N) is 1. The Morgan fingerprint density at radius 3 is 2.11 bits per heavy atom. The smallest absolute Gasteiger partial charge is 0.0366 e. The van der Waals surface area contributed by atoms with E-state index < -0.39 is 0 Å². The molecule has 2 aliphatic heterocycles. The van der Waals surface area contributed by atoms with Gasteiger partial charge in [-0.05, 0) is 74.9 Å². The maximum Gasteiger partial charge on any atom is 0.0366 e. The molecule has 0 unspecified atom stereocenters. The van der Waals surface area contributed by atoms with Gasteiger partial charge in [0.2, 0.25) is 0 Å². The maximum atomic E-state index is 3.51. The summed E-state index contributed by atoms with van der Waals surface area (Å²) in [6, 6.07) is 8.76. The van der Waals surface area contributed by atoms with E-state index in [0.717, 1.165) is 11.8 Å². The topological polar surface area (TPSA) is 15.3 Å². The summed E-state index contributed by atoms with van der Waals surface area (Å²) in [7, 11) is 0. The lowest BCUT2D eigenvalue weighted by molar-refractivity contribution is 0.222. The quantitative estimate of drug-likeness (QED) is 0.893. The Kier molecular flexibility index (Phi) is 4.44. The number of piperidine rings is 2. The molecule has 1 aromatic carbocycles. The minimum atomic E-state index is 0.966. The zero-order valence-electron chi connectivity index (χ0n) is 11.4. The van der Waals surface area contributed by atoms with Crippen molar-refractivity contribution in [3.63, 3.8) is 0 Å². The molecule has 0 bridgehead atoms. The molecule has 1 aromatic rings. The van der Waals surface area contributed by atoms with Crippen LogP contribution in [0.1, 0.15) is 25.7 Å². The van der Waals surface area contributed by atoms with Gasteiger partial charge >= 0.3 is 0 Å². The molecule has 3 rings (SSSR count). The Labute approximate surface area is 124 Å². The van der Waals surface area contributed by atoms with Crippen molar-refractivity contribution in [1.82, 2.24) is 5.32 Å². The standard InChI is InChI=1S/C16H23BrN2/c17-15-1-3-16(4-2-15)19-11-7-14(8-12-19)13-5-9-18-10-6-13/h1-4,13-14,18H,5-12H2. The van der Waals surface area contributed by atoms with Crippen LogP contribution in [0.25, 0.3) is 0 Å². The average Bonchev–Trinajstić information content (AvgIpc) is 2.49. The molecule has 2 fully saturated rings. The number of rotatable bonds is 2. The number of hydrogen-bond acceptors (Lipinski definition) is 2. The second kappa shape index (κ2) is 6.27. The highest BCUT2D eigenvalue weighted by atomic mass is 79.9. The molecular weight excluding hydrogens is 300 g/mol. The molecule has 0 saturated carbocycles. The first kappa shape index (κ1) is 13.4. The van der Waals surface area contributed by atoms with Gasteiger partial charge in [-0.1, -0.05) is 15.9 Å². The van der Waals surface area contributed by atoms with Gasteiger partial charge in [-0.3, -0.25) is 0 Å². The lowest BCUT2D eigenvalue weighted by Gasteiger charge is -2.38. The van der Waals surface area contributed by atoms with Crippen LogP contribution >= 0.6 is 15.9 Å². The van der Waals surface area contributed by atoms with Crippen LogP contribution in [0.2, 0.25) is 0 Å². The molecule has 2 heterocycles. The van der Waals surface area contributed by atoms with Crippen molar-refractivity contribution in [2.45, 2.75) is 25.7 Å². The molecule has 2 aliphatic rings. The Balaban J connectivity index is 1.55. The summed E-state index contributed by atoms with van der Waals surface area (Å²) in [6.45, 7) is 4.93. The molecule has 2 saturated heterocycles. The molecular formula is C16H23BrN2. The van der Waals surface area contributed by atoms with Crippen LogP contribution in [-0.4, -0.2) is 26.2 Å². The van der Waals surface area contributed by atoms with Crippen molar-refractivity contribution in [2.75, 3.05) is 31.1 Å². The number of halogens is 1. The molecule has 0 aliphatic carbocycles. The zero-order valence-corrected chi connectivity index (χ0v) is 13.0. The summed E-state index contributed by atoms with van der Waals surface area (Å²) < 4.78 is 1.17. The van der Waals surface area contributed by atoms with Gasteiger partial charge in [-0.15, -0.1) is 0 Å². The van der Waals surface area contributed by atoms with Crippen molar-refractivity contribution >= 4 is 21.6 Å². The first-order chi connectivity index (χ1) is 9.33. The maximum absolute atomic E-state index is 3.51. The van der Waals surface area contributed by atoms with Crippen molar-refractivity contribution in [2.24, 2.45) is 11.8 Å². The summed E-state index contributed by atoms with van der Waals surface area (Å²) in [5.74, 6) is 1.95. The summed E-state index contributed by atoms with van der Waals surface area (Å²) in [5.41, 5.74) is 1.38. The van der Waals surface area contributed by atoms with E-state index in [-0.39, 0.29) is 0 Å². The second-order valence-electron chi connectivity index (χ2n) is 5.89. The van der Waals surface area contributed by atoms with Crippen molar-refractivity contribution in [1.29, 1.82) is 0 Å². The van der Waals surface area contributed by atoms with Gasteiger partial charge in [0, 0.05) is 23.2 Å². The van der Waals surface area contributed by atoms with Crippen LogP contribution in [0.5, 0.6) is 0 Å². The van der Waals surface area contributed by atoms with E-state index in [1.54, 1.807) is 0 Å². The lowest BCUT2D eigenvalue weighted by atomic mass is 9.79. The fourth-order valence-corrected chi connectivity index (χ4v) is 3.86. The summed E-state index contributed by atoms with van der Waals surface area (Å²) in [5, 5.41) is 3.48. The van der Waals surface area contributed by atoms with Gasteiger partial charge in [0.1, 0.15) is 0 Å². The molecule has 0 atom stereocenters. The highest BCUT2D eigenvalue weighted by Gasteiger charge is 2.27. The number of anilines is 1. The van der Waals surface area contributed by atoms with Gasteiger partial charge in [0.25, 0.3) is 0 Å². The number of nitrogens with one attached hydrogen (secondary N) is 1. The Morgan fingerprint density at radius 2 is 1.47 bits per heavy atom. The first-order valence-corrected chi connectivity index (χ1v) is 8.33. The predicted molar refractivity (Wildman–Crippen MR) is 84.7 cm³/mol. The molecule has 2 nitrogen and oxygen atoms in total. The number of benzene rings is 1. The van der Waals surface area contributed by atoms with Crippen molar-refractivity contribution in [3.05, 3.63) is 28.7 Å². The van der Waals surface area contributed by atoms with Crippen LogP contribution in [0.3, 0.4) is 0 Å². The lowest BCUT2D eigenvalue weighted by Crippen LogP contribution is -2.39. The van der Waals surface area contributed by atoms with Gasteiger partial charge in [0.15, 0.2) is 0 Å². The average molecular weight is 323 g/mol. The van der Waals surface area contributed by atoms with Gasteiger partial charge in [-0.2, -0.15) is 0 Å². The highest BCUT2D eigenvalue weighted by Crippen LogP contribution is 2.32. The van der Waals surface area contributed by atoms with Crippen molar-refractivity contribution in [3.8, 4) is 0 Å². The van der Waals surface area contributed by atoms with Gasteiger partial charge < -0.3 is 10.2 Å². The number of hydrogen-bond donors (Lipinski definition) is 1. The summed E-state index contributed by atoms with van der Waals surface area (Å²) >= 11 is 3.51. The van der Waals surface area contributed by atoms with Crippen LogP contribution in [-0.2, 0) is 0 Å². The van der Waals surface area contributed by atoms with Crippen LogP contribution in [0.15, 0.2) is 28.7 Å². The van der Waals surface area contributed by atoms with E-state index in [4.69, 9.17) is 0 Å². The van der Waals surface area contributed by atoms with Gasteiger partial charge in [-0.25, -0.2) is 0 Å². The van der Waals surface area contributed by atoms with Crippen LogP contribution in [0, 0.1) is 11.8 Å². The molecule has 0 spiro atoms. The summed E-state index contributed by atoms with van der Waals surface area (Å²) in [6.07, 6.45) is 5.54. The van der Waals surface area contributed by atoms with Crippen LogP contribution < -0.4 is 10.2 Å². The molecule has 104 valence electrons. The zero-order chi connectivity index (χ0) is 13.1. The molecule has 3 heteroatoms. The Bertz CT molecular complexity index is 390. The fourth-order valence-electron chi connectivity index (χ4n) is 3.60. The Morgan fingerprint density at radius 1 is 0.895 bits per heavy atom. The molecule has 0 aromatic heterocycles. The van der Waals surface area contributed by atoms with E-state index in [1.807, 2.05) is 0 Å². The van der Waals surface area contributed by atoms with E-state index in [2.05, 4.69) is 50.4 Å². The van der Waals surface area contributed by atoms with Gasteiger partial charge in [0.05, 0.1) is 0 Å². The fraction of sp³-hybridized carbons (Fsp3) is 0.625. The monoisotopic (exact) mass is 322 g/mol.